The van der Waals surface area contributed by atoms with E-state index in [-0.39, 0.29) is 5.78 Å². The molecule has 3 aromatic rings. The van der Waals surface area contributed by atoms with Gasteiger partial charge in [-0.05, 0) is 24.1 Å². The number of fused-ring (bicyclic) bond motifs is 1. The van der Waals surface area contributed by atoms with Crippen LogP contribution in [0.3, 0.4) is 0 Å². The zero-order chi connectivity index (χ0) is 21.4. The van der Waals surface area contributed by atoms with Gasteiger partial charge in [0.15, 0.2) is 0 Å². The summed E-state index contributed by atoms with van der Waals surface area (Å²) < 4.78 is 16.3. The first-order valence-electron chi connectivity index (χ1n) is 10.1. The van der Waals surface area contributed by atoms with Gasteiger partial charge in [-0.15, -0.1) is 0 Å². The lowest BCUT2D eigenvalue weighted by atomic mass is 9.96. The summed E-state index contributed by atoms with van der Waals surface area (Å²) in [5, 5.41) is 4.11. The number of hydrogen-bond donors (Lipinski definition) is 0. The van der Waals surface area contributed by atoms with Crippen LogP contribution < -0.4 is 0 Å². The van der Waals surface area contributed by atoms with E-state index in [1.54, 1.807) is 17.1 Å². The number of nitrogens with zero attached hydrogens (tertiary/aromatic N) is 4. The van der Waals surface area contributed by atoms with Crippen LogP contribution in [-0.4, -0.2) is 25.1 Å². The van der Waals surface area contributed by atoms with Crippen LogP contribution in [-0.2, 0) is 20.3 Å². The Balaban J connectivity index is 0.000000707. The predicted molar refractivity (Wildman–Crippen MR) is 115 cm³/mol. The minimum atomic E-state index is -0.658. The monoisotopic (exact) mass is 396 g/mol. The molecule has 29 heavy (non-hydrogen) atoms. The van der Waals surface area contributed by atoms with Crippen LogP contribution in [0.4, 0.5) is 4.39 Å². The lowest BCUT2D eigenvalue weighted by molar-refractivity contribution is 0.101. The Kier molecular flexibility index (Phi) is 8.07. The summed E-state index contributed by atoms with van der Waals surface area (Å²) in [4.78, 5) is 17.1. The Hall–Kier alpha value is -3.02. The number of allylic oxidation sites excluding steroid dienone is 1. The van der Waals surface area contributed by atoms with Gasteiger partial charge < -0.3 is 4.57 Å². The third-order valence-electron chi connectivity index (χ3n) is 4.36. The van der Waals surface area contributed by atoms with E-state index in [1.165, 1.54) is 0 Å². The maximum atomic E-state index is 12.8. The SMILES string of the molecule is CC.CC.Cn1cnc(-c2ccccc2/C=C2\CCn3nc(CF)cc3C2=O)c1. The molecule has 4 rings (SSSR count). The summed E-state index contributed by atoms with van der Waals surface area (Å²) in [6.07, 6.45) is 6.19. The Morgan fingerprint density at radius 2 is 1.90 bits per heavy atom. The highest BCUT2D eigenvalue weighted by atomic mass is 19.1. The molecule has 0 unspecified atom stereocenters. The molecule has 0 saturated carbocycles. The minimum Gasteiger partial charge on any atom is -0.340 e. The minimum absolute atomic E-state index is 0.0886. The highest BCUT2D eigenvalue weighted by Gasteiger charge is 2.24. The van der Waals surface area contributed by atoms with Gasteiger partial charge in [-0.1, -0.05) is 52.0 Å². The van der Waals surface area contributed by atoms with Gasteiger partial charge in [0.25, 0.3) is 0 Å². The van der Waals surface area contributed by atoms with Crippen molar-refractivity contribution in [1.29, 1.82) is 0 Å². The fourth-order valence-corrected chi connectivity index (χ4v) is 3.13. The largest absolute Gasteiger partial charge is 0.340 e. The summed E-state index contributed by atoms with van der Waals surface area (Å²) in [6, 6.07) is 9.41. The van der Waals surface area contributed by atoms with E-state index in [2.05, 4.69) is 10.1 Å². The molecular weight excluding hydrogens is 367 g/mol. The molecule has 0 N–H and O–H groups in total. The predicted octanol–water partition coefficient (Wildman–Crippen LogP) is 5.48. The second kappa shape index (κ2) is 10.5. The number of benzene rings is 1. The smallest absolute Gasteiger partial charge is 0.207 e. The Bertz CT molecular complexity index is 984. The van der Waals surface area contributed by atoms with Crippen LogP contribution in [0, 0.1) is 0 Å². The summed E-state index contributed by atoms with van der Waals surface area (Å²) in [5.41, 5.74) is 4.26. The van der Waals surface area contributed by atoms with Crippen molar-refractivity contribution in [1.82, 2.24) is 19.3 Å². The zero-order valence-corrected chi connectivity index (χ0v) is 17.8. The van der Waals surface area contributed by atoms with Crippen LogP contribution in [0.5, 0.6) is 0 Å². The quantitative estimate of drug-likeness (QED) is 0.551. The fraction of sp³-hybridized carbons (Fsp3) is 0.348. The van der Waals surface area contributed by atoms with Crippen LogP contribution >= 0.6 is 0 Å². The third-order valence-corrected chi connectivity index (χ3v) is 4.36. The molecule has 0 fully saturated rings. The zero-order valence-electron chi connectivity index (χ0n) is 17.8. The number of carbonyl (C=O) groups is 1. The lowest BCUT2D eigenvalue weighted by Crippen LogP contribution is -2.19. The molecule has 0 aliphatic carbocycles. The second-order valence-corrected chi connectivity index (χ2v) is 6.14. The van der Waals surface area contributed by atoms with Gasteiger partial charge in [0.05, 0.1) is 17.7 Å². The molecule has 0 spiro atoms. The van der Waals surface area contributed by atoms with Crippen LogP contribution in [0.2, 0.25) is 0 Å². The number of alkyl halides is 1. The van der Waals surface area contributed by atoms with Crippen molar-refractivity contribution in [2.75, 3.05) is 0 Å². The van der Waals surface area contributed by atoms with Crippen molar-refractivity contribution in [3.63, 3.8) is 0 Å². The molecule has 154 valence electrons. The molecule has 1 aromatic carbocycles. The van der Waals surface area contributed by atoms with Crippen molar-refractivity contribution in [2.45, 2.75) is 47.3 Å². The molecule has 2 aromatic heterocycles. The number of carbonyl (C=O) groups excluding carboxylic acids is 1. The van der Waals surface area contributed by atoms with E-state index in [0.717, 1.165) is 16.8 Å². The van der Waals surface area contributed by atoms with Crippen molar-refractivity contribution in [2.24, 2.45) is 7.05 Å². The number of halogens is 1. The van der Waals surface area contributed by atoms with E-state index >= 15 is 0 Å². The molecule has 1 aliphatic rings. The van der Waals surface area contributed by atoms with Crippen molar-refractivity contribution < 1.29 is 9.18 Å². The number of ketones is 1. The number of rotatable bonds is 3. The van der Waals surface area contributed by atoms with Gasteiger partial charge in [0.2, 0.25) is 5.78 Å². The third kappa shape index (κ3) is 4.88. The molecule has 0 atom stereocenters. The Labute approximate surface area is 171 Å². The van der Waals surface area contributed by atoms with Crippen molar-refractivity contribution in [3.8, 4) is 11.3 Å². The van der Waals surface area contributed by atoms with E-state index in [9.17, 15) is 9.18 Å². The fourth-order valence-electron chi connectivity index (χ4n) is 3.13. The number of hydrogen-bond acceptors (Lipinski definition) is 3. The molecule has 1 aliphatic heterocycles. The van der Waals surface area contributed by atoms with E-state index in [0.29, 0.717) is 29.9 Å². The first kappa shape index (κ1) is 22.3. The molecular formula is C23H29FN4O. The van der Waals surface area contributed by atoms with E-state index in [1.807, 2.05) is 75.8 Å². The van der Waals surface area contributed by atoms with Gasteiger partial charge in [-0.2, -0.15) is 5.10 Å². The second-order valence-electron chi connectivity index (χ2n) is 6.14. The van der Waals surface area contributed by atoms with Gasteiger partial charge in [-0.25, -0.2) is 9.37 Å². The first-order valence-corrected chi connectivity index (χ1v) is 10.1. The van der Waals surface area contributed by atoms with Crippen LogP contribution in [0.25, 0.3) is 17.3 Å². The van der Waals surface area contributed by atoms with Crippen molar-refractivity contribution in [3.05, 3.63) is 65.4 Å². The molecule has 0 saturated heterocycles. The van der Waals surface area contributed by atoms with Crippen LogP contribution in [0.15, 0.2) is 48.4 Å². The summed E-state index contributed by atoms with van der Waals surface area (Å²) in [5.74, 6) is -0.0886. The van der Waals surface area contributed by atoms with Crippen LogP contribution in [0.1, 0.15) is 55.9 Å². The molecule has 3 heterocycles. The standard InChI is InChI=1S/C19H17FN4O.2C2H6/c1-23-11-17(21-12-23)16-5-3-2-4-13(16)8-14-6-7-24-18(19(14)25)9-15(10-20)22-24;2*1-2/h2-5,8-9,11-12H,6-7,10H2,1H3;2*1-2H3/b14-8+;;. The van der Waals surface area contributed by atoms with Gasteiger partial charge in [0, 0.05) is 30.9 Å². The van der Waals surface area contributed by atoms with Gasteiger partial charge in [-0.3, -0.25) is 9.48 Å². The van der Waals surface area contributed by atoms with Gasteiger partial charge in [0.1, 0.15) is 12.4 Å². The van der Waals surface area contributed by atoms with Gasteiger partial charge >= 0.3 is 0 Å². The Morgan fingerprint density at radius 1 is 1.17 bits per heavy atom. The number of Topliss-reactive ketones (excluding diaryl/α,β-unsaturated/α-hetero) is 1. The highest BCUT2D eigenvalue weighted by molar-refractivity contribution is 6.11. The van der Waals surface area contributed by atoms with Crippen molar-refractivity contribution >= 4 is 11.9 Å². The number of aryl methyl sites for hydroxylation is 2. The normalized spacial score (nSPS) is 13.9. The molecule has 6 heteroatoms. The molecule has 0 bridgehead atoms. The topological polar surface area (TPSA) is 52.7 Å². The van der Waals surface area contributed by atoms with E-state index < -0.39 is 6.67 Å². The molecule has 5 nitrogen and oxygen atoms in total. The lowest BCUT2D eigenvalue weighted by Gasteiger charge is -2.16. The molecule has 0 amide bonds. The first-order chi connectivity index (χ1) is 14.2. The van der Waals surface area contributed by atoms with E-state index in [4.69, 9.17) is 0 Å². The average molecular weight is 397 g/mol. The maximum Gasteiger partial charge on any atom is 0.207 e. The molecule has 0 radical (unpaired) electrons. The summed E-state index contributed by atoms with van der Waals surface area (Å²) in [7, 11) is 1.92. The number of imidazole rings is 1. The summed E-state index contributed by atoms with van der Waals surface area (Å²) in [6.45, 7) is 7.92. The highest BCUT2D eigenvalue weighted by Crippen LogP contribution is 2.27. The maximum absolute atomic E-state index is 12.8. The summed E-state index contributed by atoms with van der Waals surface area (Å²) >= 11 is 0. The number of aromatic nitrogens is 4. The average Bonchev–Trinajstić information content (AvgIpc) is 3.40. The Morgan fingerprint density at radius 3 is 2.55 bits per heavy atom.